The minimum atomic E-state index is -2.19. The van der Waals surface area contributed by atoms with Crippen molar-refractivity contribution in [2.45, 2.75) is 44.3 Å². The fourth-order valence-corrected chi connectivity index (χ4v) is 8.45. The number of rotatable bonds is 4. The molecule has 6 aromatic rings. The lowest BCUT2D eigenvalue weighted by Crippen LogP contribution is -2.44. The maximum absolute atomic E-state index is 7.23. The maximum Gasteiger partial charge on any atom is 0.250 e. The zero-order valence-corrected chi connectivity index (χ0v) is 26.9. The predicted molar refractivity (Wildman–Crippen MR) is 181 cm³/mol. The van der Waals surface area contributed by atoms with Gasteiger partial charge in [0.15, 0.2) is 0 Å². The van der Waals surface area contributed by atoms with E-state index >= 15 is 0 Å². The summed E-state index contributed by atoms with van der Waals surface area (Å²) in [7, 11) is 1.30. The van der Waals surface area contributed by atoms with E-state index in [4.69, 9.17) is 13.9 Å². The largest absolute Gasteiger partial charge is 0.543 e. The molecule has 6 aromatic carbocycles. The highest BCUT2D eigenvalue weighted by Crippen LogP contribution is 2.64. The van der Waals surface area contributed by atoms with Gasteiger partial charge in [-0.2, -0.15) is 0 Å². The van der Waals surface area contributed by atoms with Gasteiger partial charge in [0, 0.05) is 5.39 Å². The van der Waals surface area contributed by atoms with Crippen LogP contribution in [0.1, 0.15) is 43.0 Å². The average Bonchev–Trinajstić information content (AvgIpc) is 3.46. The Kier molecular flexibility index (Phi) is 5.29. The number of ether oxygens (including phenoxy) is 2. The van der Waals surface area contributed by atoms with E-state index in [2.05, 4.69) is 125 Å². The lowest BCUT2D eigenvalue weighted by Gasteiger charge is -2.37. The second-order valence-corrected chi connectivity index (χ2v) is 18.3. The molecule has 0 N–H and O–H groups in total. The lowest BCUT2D eigenvalue weighted by molar-refractivity contribution is 0.414. The first-order valence-corrected chi connectivity index (χ1v) is 18.0. The van der Waals surface area contributed by atoms with Crippen molar-refractivity contribution in [3.05, 3.63) is 113 Å². The number of hydrogen-bond donors (Lipinski definition) is 0. The highest BCUT2D eigenvalue weighted by atomic mass is 28.4. The molecule has 0 aromatic heterocycles. The van der Waals surface area contributed by atoms with Crippen molar-refractivity contribution in [2.24, 2.45) is 0 Å². The molecule has 0 saturated carbocycles. The summed E-state index contributed by atoms with van der Waals surface area (Å²) < 4.78 is 18.9. The summed E-state index contributed by atoms with van der Waals surface area (Å²) in [4.78, 5) is 0. The summed E-state index contributed by atoms with van der Waals surface area (Å²) in [6, 6.07) is 33.6. The molecule has 4 heteroatoms. The van der Waals surface area contributed by atoms with E-state index in [0.29, 0.717) is 0 Å². The normalized spacial score (nSPS) is 14.6. The topological polar surface area (TPSA) is 27.7 Å². The Hall–Kier alpha value is -4.28. The van der Waals surface area contributed by atoms with Gasteiger partial charge in [0.05, 0.1) is 19.6 Å². The third-order valence-corrected chi connectivity index (χ3v) is 14.8. The van der Waals surface area contributed by atoms with Gasteiger partial charge in [0.25, 0.3) is 8.32 Å². The summed E-state index contributed by atoms with van der Waals surface area (Å²) >= 11 is 0. The quantitative estimate of drug-likeness (QED) is 0.153. The van der Waals surface area contributed by atoms with E-state index in [-0.39, 0.29) is 5.04 Å². The third-order valence-electron chi connectivity index (χ3n) is 10.5. The lowest BCUT2D eigenvalue weighted by atomic mass is 9.70. The number of methoxy groups -OCH3 is 2. The van der Waals surface area contributed by atoms with E-state index in [0.717, 1.165) is 22.6 Å². The molecule has 3 nitrogen and oxygen atoms in total. The van der Waals surface area contributed by atoms with Crippen molar-refractivity contribution < 1.29 is 13.9 Å². The SMILES string of the molecule is COc1ccc2c(c1)C1(c3cc(O[Si](C)(C)C(C)(C)C)c4cc(OC)ccc4c3-2)c2cccc3ccc4cccc1c4c23. The van der Waals surface area contributed by atoms with E-state index in [9.17, 15) is 0 Å². The second-order valence-electron chi connectivity index (χ2n) is 13.6. The number of hydrogen-bond acceptors (Lipinski definition) is 3. The minimum absolute atomic E-state index is 0.0476. The fraction of sp³-hybridized carbons (Fsp3) is 0.231. The van der Waals surface area contributed by atoms with E-state index < -0.39 is 13.7 Å². The molecular weight excluding hydrogens is 545 g/mol. The van der Waals surface area contributed by atoms with E-state index in [1.54, 1.807) is 14.2 Å². The van der Waals surface area contributed by atoms with Crippen LogP contribution in [0.25, 0.3) is 43.4 Å². The average molecular weight is 581 g/mol. The van der Waals surface area contributed by atoms with Crippen LogP contribution >= 0.6 is 0 Å². The molecule has 0 saturated heterocycles. The summed E-state index contributed by atoms with van der Waals surface area (Å²) in [6.07, 6.45) is 0. The molecule has 0 heterocycles. The molecule has 0 unspecified atom stereocenters. The Balaban J connectivity index is 1.57. The Labute approximate surface area is 254 Å². The molecule has 0 aliphatic heterocycles. The standard InChI is InChI=1S/C39H36O3Si/c1-38(2,3)43(6,7)42-34-22-33-37(27-18-16-25(40-4)20-29(27)34)28-19-17-26(41-5)21-32(28)39(33)30-12-8-10-23-14-15-24-11-9-13-31(39)36(24)35(23)30/h8-22H,1-7H3. The van der Waals surface area contributed by atoms with Crippen LogP contribution in [0, 0.1) is 0 Å². The van der Waals surface area contributed by atoms with Crippen molar-refractivity contribution in [3.8, 4) is 28.4 Å². The predicted octanol–water partition coefficient (Wildman–Crippen LogP) is 10.2. The van der Waals surface area contributed by atoms with Gasteiger partial charge in [-0.05, 0) is 115 Å². The minimum Gasteiger partial charge on any atom is -0.543 e. The van der Waals surface area contributed by atoms with E-state index in [1.165, 1.54) is 60.3 Å². The molecule has 214 valence electrons. The van der Waals surface area contributed by atoms with Crippen LogP contribution in [0.4, 0.5) is 0 Å². The van der Waals surface area contributed by atoms with E-state index in [1.807, 2.05) is 0 Å². The van der Waals surface area contributed by atoms with Crippen LogP contribution in [0.5, 0.6) is 17.2 Å². The van der Waals surface area contributed by atoms with Crippen LogP contribution in [0.15, 0.2) is 91.0 Å². The van der Waals surface area contributed by atoms with Gasteiger partial charge in [-0.1, -0.05) is 75.4 Å². The molecule has 43 heavy (non-hydrogen) atoms. The zero-order chi connectivity index (χ0) is 29.9. The van der Waals surface area contributed by atoms with Gasteiger partial charge in [0.2, 0.25) is 0 Å². The molecule has 2 aliphatic carbocycles. The van der Waals surface area contributed by atoms with Gasteiger partial charge in [-0.25, -0.2) is 0 Å². The maximum atomic E-state index is 7.23. The number of fused-ring (bicyclic) bond motifs is 9. The Morgan fingerprint density at radius 3 is 1.81 bits per heavy atom. The molecule has 0 radical (unpaired) electrons. The van der Waals surface area contributed by atoms with Crippen LogP contribution in [0.2, 0.25) is 18.1 Å². The summed E-state index contributed by atoms with van der Waals surface area (Å²) in [5, 5.41) is 7.56. The molecule has 0 fully saturated rings. The molecule has 8 rings (SSSR count). The smallest absolute Gasteiger partial charge is 0.250 e. The highest BCUT2D eigenvalue weighted by molar-refractivity contribution is 6.74. The highest BCUT2D eigenvalue weighted by Gasteiger charge is 2.52. The molecule has 0 amide bonds. The van der Waals surface area contributed by atoms with Crippen LogP contribution in [-0.4, -0.2) is 22.5 Å². The van der Waals surface area contributed by atoms with Crippen LogP contribution < -0.4 is 13.9 Å². The first-order chi connectivity index (χ1) is 20.6. The summed E-state index contributed by atoms with van der Waals surface area (Å²) in [5.74, 6) is 2.64. The van der Waals surface area contributed by atoms with Crippen molar-refractivity contribution in [3.63, 3.8) is 0 Å². The van der Waals surface area contributed by atoms with Crippen molar-refractivity contribution in [2.75, 3.05) is 14.2 Å². The molecule has 2 aliphatic rings. The molecular formula is C39H36O3Si. The van der Waals surface area contributed by atoms with Crippen LogP contribution in [-0.2, 0) is 5.41 Å². The fourth-order valence-electron chi connectivity index (χ4n) is 7.43. The van der Waals surface area contributed by atoms with Crippen molar-refractivity contribution in [1.29, 1.82) is 0 Å². The Morgan fingerprint density at radius 2 is 1.21 bits per heavy atom. The van der Waals surface area contributed by atoms with Gasteiger partial charge in [0.1, 0.15) is 17.2 Å². The van der Waals surface area contributed by atoms with Gasteiger partial charge in [-0.15, -0.1) is 0 Å². The Bertz CT molecular complexity index is 2090. The second kappa shape index (κ2) is 8.64. The van der Waals surface area contributed by atoms with Crippen molar-refractivity contribution >= 4 is 40.6 Å². The number of benzene rings is 6. The Morgan fingerprint density at radius 1 is 0.605 bits per heavy atom. The third kappa shape index (κ3) is 3.30. The van der Waals surface area contributed by atoms with Gasteiger partial charge >= 0.3 is 0 Å². The van der Waals surface area contributed by atoms with Crippen LogP contribution in [0.3, 0.4) is 0 Å². The first-order valence-electron chi connectivity index (χ1n) is 15.1. The monoisotopic (exact) mass is 580 g/mol. The first kappa shape index (κ1) is 26.4. The van der Waals surface area contributed by atoms with Gasteiger partial charge in [-0.3, -0.25) is 0 Å². The molecule has 1 spiro atoms. The molecule has 0 bridgehead atoms. The van der Waals surface area contributed by atoms with Gasteiger partial charge < -0.3 is 13.9 Å². The van der Waals surface area contributed by atoms with Crippen molar-refractivity contribution in [1.82, 2.24) is 0 Å². The zero-order valence-electron chi connectivity index (χ0n) is 25.9. The summed E-state index contributed by atoms with van der Waals surface area (Å²) in [6.45, 7) is 11.6. The molecule has 0 atom stereocenters. The summed E-state index contributed by atoms with van der Waals surface area (Å²) in [5.41, 5.74) is 7.21.